The van der Waals surface area contributed by atoms with E-state index in [1.54, 1.807) is 0 Å². The van der Waals surface area contributed by atoms with Gasteiger partial charge in [0.2, 0.25) is 17.7 Å². The lowest BCUT2D eigenvalue weighted by atomic mass is 9.73. The number of carboxylic acids is 3. The highest BCUT2D eigenvalue weighted by atomic mass is 32.2. The fraction of sp³-hybridized carbons (Fsp3) is 0.750. The smallest absolute Gasteiger partial charge is 0.326 e. The van der Waals surface area contributed by atoms with Gasteiger partial charge in [-0.15, -0.1) is 0 Å². The average molecular weight is 610 g/mol. The Morgan fingerprint density at radius 2 is 0.795 bits per heavy atom. The van der Waals surface area contributed by atoms with Gasteiger partial charge < -0.3 is 31.3 Å². The fourth-order valence-electron chi connectivity index (χ4n) is 4.31. The van der Waals surface area contributed by atoms with E-state index in [9.17, 15) is 44.1 Å². The summed E-state index contributed by atoms with van der Waals surface area (Å²) in [5, 5.41) is 36.0. The van der Waals surface area contributed by atoms with Crippen molar-refractivity contribution in [2.45, 2.75) is 56.7 Å². The van der Waals surface area contributed by atoms with Gasteiger partial charge in [0, 0.05) is 17.8 Å². The number of nitrogens with one attached hydrogen (secondary N) is 3. The minimum Gasteiger partial charge on any atom is -0.480 e. The van der Waals surface area contributed by atoms with E-state index in [1.165, 1.54) is 35.3 Å². The Morgan fingerprint density at radius 3 is 0.974 bits per heavy atom. The molecule has 0 aromatic carbocycles. The lowest BCUT2D eigenvalue weighted by Gasteiger charge is -2.34. The van der Waals surface area contributed by atoms with Crippen molar-refractivity contribution in [2.24, 2.45) is 17.8 Å². The number of carbonyl (C=O) groups excluding carboxylic acids is 3. The highest BCUT2D eigenvalue weighted by Gasteiger charge is 2.41. The third kappa shape index (κ3) is 12.3. The van der Waals surface area contributed by atoms with E-state index in [-0.39, 0.29) is 38.5 Å². The minimum absolute atomic E-state index is 0.0000140. The number of rotatable bonds is 18. The van der Waals surface area contributed by atoms with Crippen LogP contribution in [-0.2, 0) is 28.8 Å². The maximum Gasteiger partial charge on any atom is 0.326 e. The fourth-order valence-corrected chi connectivity index (χ4v) is 5.72. The first-order valence-electron chi connectivity index (χ1n) is 12.5. The van der Waals surface area contributed by atoms with Crippen molar-refractivity contribution in [3.63, 3.8) is 0 Å². The van der Waals surface area contributed by atoms with Crippen LogP contribution >= 0.6 is 35.3 Å². The summed E-state index contributed by atoms with van der Waals surface area (Å²) in [6.07, 6.45) is 5.99. The molecule has 0 spiro atoms. The van der Waals surface area contributed by atoms with Crippen LogP contribution < -0.4 is 16.0 Å². The molecule has 39 heavy (non-hydrogen) atoms. The van der Waals surface area contributed by atoms with Gasteiger partial charge in [0.1, 0.15) is 18.1 Å². The molecule has 0 heterocycles. The molecule has 1 aliphatic rings. The average Bonchev–Trinajstić information content (AvgIpc) is 2.89. The van der Waals surface area contributed by atoms with Crippen LogP contribution in [0.5, 0.6) is 0 Å². The Morgan fingerprint density at radius 1 is 0.564 bits per heavy atom. The van der Waals surface area contributed by atoms with Gasteiger partial charge in [-0.2, -0.15) is 35.3 Å². The molecule has 6 N–H and O–H groups in total. The quantitative estimate of drug-likeness (QED) is 0.129. The Kier molecular flexibility index (Phi) is 16.3. The lowest BCUT2D eigenvalue weighted by molar-refractivity contribution is -0.146. The summed E-state index contributed by atoms with van der Waals surface area (Å²) in [6, 6.07) is -3.42. The van der Waals surface area contributed by atoms with Crippen LogP contribution in [0.25, 0.3) is 0 Å². The molecule has 0 bridgehead atoms. The molecular formula is C24H39N3O9S3. The summed E-state index contributed by atoms with van der Waals surface area (Å²) < 4.78 is 0. The predicted molar refractivity (Wildman–Crippen MR) is 152 cm³/mol. The van der Waals surface area contributed by atoms with Gasteiger partial charge >= 0.3 is 17.9 Å². The van der Waals surface area contributed by atoms with E-state index in [0.29, 0.717) is 17.3 Å². The summed E-state index contributed by atoms with van der Waals surface area (Å²) in [6.45, 7) is 0. The third-order valence-electron chi connectivity index (χ3n) is 6.50. The van der Waals surface area contributed by atoms with Gasteiger partial charge in [-0.25, -0.2) is 14.4 Å². The second kappa shape index (κ2) is 18.3. The highest BCUT2D eigenvalue weighted by Crippen LogP contribution is 2.34. The first kappa shape index (κ1) is 34.9. The molecule has 222 valence electrons. The van der Waals surface area contributed by atoms with Crippen molar-refractivity contribution in [3.05, 3.63) is 0 Å². The van der Waals surface area contributed by atoms with Crippen molar-refractivity contribution in [2.75, 3.05) is 36.0 Å². The number of carboxylic acid groups (broad SMARTS) is 3. The Balaban J connectivity index is 3.15. The number of carbonyl (C=O) groups is 6. The standard InChI is InChI=1S/C24H39N3O9S3/c1-37-7-4-16(22(31)32)25-19(28)13-10-14(20(29)26-17(23(33)34)5-8-38-2)12-15(11-13)21(30)27-18(24(35)36)6-9-39-3/h13-18H,4-12H2,1-3H3,(H,25,28)(H,26,29)(H,27,30)(H,31,32)(H,33,34)(H,35,36)/t13?,14?,15?,16-,17-,18-/m0/s1. The molecule has 0 aromatic heterocycles. The van der Waals surface area contributed by atoms with E-state index in [4.69, 9.17) is 0 Å². The van der Waals surface area contributed by atoms with Gasteiger partial charge in [-0.1, -0.05) is 0 Å². The Labute approximate surface area is 240 Å². The molecule has 12 nitrogen and oxygen atoms in total. The van der Waals surface area contributed by atoms with E-state index in [1.807, 2.05) is 18.8 Å². The Hall–Kier alpha value is -2.13. The highest BCUT2D eigenvalue weighted by molar-refractivity contribution is 7.98. The van der Waals surface area contributed by atoms with Gasteiger partial charge in [0.05, 0.1) is 0 Å². The predicted octanol–water partition coefficient (Wildman–Crippen LogP) is 0.986. The van der Waals surface area contributed by atoms with Crippen LogP contribution in [-0.4, -0.2) is 105 Å². The van der Waals surface area contributed by atoms with Crippen LogP contribution in [0, 0.1) is 17.8 Å². The summed E-state index contributed by atoms with van der Waals surface area (Å²) in [7, 11) is 0. The second-order valence-electron chi connectivity index (χ2n) is 9.34. The topological polar surface area (TPSA) is 199 Å². The van der Waals surface area contributed by atoms with Crippen molar-refractivity contribution < 1.29 is 44.1 Å². The molecule has 3 amide bonds. The molecule has 0 saturated heterocycles. The number of thioether (sulfide) groups is 3. The zero-order valence-electron chi connectivity index (χ0n) is 22.3. The molecule has 1 fully saturated rings. The largest absolute Gasteiger partial charge is 0.480 e. The molecule has 1 aliphatic carbocycles. The van der Waals surface area contributed by atoms with Crippen molar-refractivity contribution in [3.8, 4) is 0 Å². The molecule has 1 saturated carbocycles. The third-order valence-corrected chi connectivity index (χ3v) is 8.43. The normalized spacial score (nSPS) is 21.2. The SMILES string of the molecule is CSCC[C@H](NC(=O)C1C[C@H](C(=O)N[C@@H](CCSC)C(=O)O)C[C@H](C(=O)N[C@@H](CCSC)C(=O)O)C1)C(=O)O. The first-order valence-corrected chi connectivity index (χ1v) is 16.7. The second-order valence-corrected chi connectivity index (χ2v) is 12.3. The summed E-state index contributed by atoms with van der Waals surface area (Å²) in [4.78, 5) is 74.3. The first-order chi connectivity index (χ1) is 18.4. The zero-order valence-corrected chi connectivity index (χ0v) is 24.8. The molecule has 0 unspecified atom stereocenters. The number of hydrogen-bond donors (Lipinski definition) is 6. The molecule has 0 aliphatic heterocycles. The van der Waals surface area contributed by atoms with E-state index in [2.05, 4.69) is 16.0 Å². The van der Waals surface area contributed by atoms with Crippen LogP contribution in [0.3, 0.4) is 0 Å². The number of aliphatic carboxylic acids is 3. The van der Waals surface area contributed by atoms with Crippen LogP contribution in [0.2, 0.25) is 0 Å². The molecule has 15 heteroatoms. The molecular weight excluding hydrogens is 570 g/mol. The summed E-state index contributed by atoms with van der Waals surface area (Å²) >= 11 is 4.28. The van der Waals surface area contributed by atoms with Crippen LogP contribution in [0.4, 0.5) is 0 Å². The Bertz CT molecular complexity index is 762. The van der Waals surface area contributed by atoms with E-state index in [0.717, 1.165) is 0 Å². The van der Waals surface area contributed by atoms with E-state index < -0.39 is 71.5 Å². The summed E-state index contributed by atoms with van der Waals surface area (Å²) in [5.74, 6) is -6.66. The monoisotopic (exact) mass is 609 g/mol. The van der Waals surface area contributed by atoms with Crippen molar-refractivity contribution in [1.29, 1.82) is 0 Å². The van der Waals surface area contributed by atoms with Crippen LogP contribution in [0.15, 0.2) is 0 Å². The van der Waals surface area contributed by atoms with Crippen LogP contribution in [0.1, 0.15) is 38.5 Å². The maximum atomic E-state index is 13.1. The van der Waals surface area contributed by atoms with Gasteiger partial charge in [0.15, 0.2) is 0 Å². The zero-order chi connectivity index (χ0) is 29.5. The van der Waals surface area contributed by atoms with Gasteiger partial charge in [-0.05, 0) is 74.6 Å². The number of hydrogen-bond acceptors (Lipinski definition) is 9. The summed E-state index contributed by atoms with van der Waals surface area (Å²) in [5.41, 5.74) is 0. The van der Waals surface area contributed by atoms with Crippen molar-refractivity contribution >= 4 is 70.9 Å². The molecule has 3 atom stereocenters. The minimum atomic E-state index is -1.20. The van der Waals surface area contributed by atoms with Crippen molar-refractivity contribution in [1.82, 2.24) is 16.0 Å². The van der Waals surface area contributed by atoms with E-state index >= 15 is 0 Å². The lowest BCUT2D eigenvalue weighted by Crippen LogP contribution is -2.51. The van der Waals surface area contributed by atoms with Gasteiger partial charge in [-0.3, -0.25) is 14.4 Å². The molecule has 0 aromatic rings. The molecule has 1 rings (SSSR count). The maximum absolute atomic E-state index is 13.1. The molecule has 0 radical (unpaired) electrons. The van der Waals surface area contributed by atoms with Gasteiger partial charge in [0.25, 0.3) is 0 Å². The number of amides is 3.